The Morgan fingerprint density at radius 3 is 2.56 bits per heavy atom. The normalized spacial score (nSPS) is 15.8. The number of benzene rings is 2. The molecular formula is C24H28N6O3S. The minimum Gasteiger partial charge on any atom is -0.454 e. The van der Waals surface area contributed by atoms with E-state index < -0.39 is 0 Å². The second kappa shape index (κ2) is 10.0. The van der Waals surface area contributed by atoms with Crippen molar-refractivity contribution in [1.82, 2.24) is 30.0 Å². The quantitative estimate of drug-likeness (QED) is 0.477. The highest BCUT2D eigenvalue weighted by molar-refractivity contribution is 7.99. The summed E-state index contributed by atoms with van der Waals surface area (Å²) in [7, 11) is 0. The number of aromatic nitrogens is 4. The molecule has 2 aliphatic heterocycles. The molecule has 5 rings (SSSR count). The average Bonchev–Trinajstić information content (AvgIpc) is 3.52. The lowest BCUT2D eigenvalue weighted by atomic mass is 10.0. The van der Waals surface area contributed by atoms with Crippen LogP contribution in [0.25, 0.3) is 5.69 Å². The highest BCUT2D eigenvalue weighted by Crippen LogP contribution is 2.33. The van der Waals surface area contributed by atoms with Gasteiger partial charge in [0, 0.05) is 32.7 Å². The largest absolute Gasteiger partial charge is 0.454 e. The van der Waals surface area contributed by atoms with E-state index in [0.717, 1.165) is 36.8 Å². The van der Waals surface area contributed by atoms with Gasteiger partial charge in [0.05, 0.1) is 11.4 Å². The van der Waals surface area contributed by atoms with Crippen molar-refractivity contribution in [2.75, 3.05) is 38.7 Å². The molecule has 2 aromatic carbocycles. The summed E-state index contributed by atoms with van der Waals surface area (Å²) in [5.74, 6) is 2.49. The number of amides is 1. The molecule has 0 spiro atoms. The molecule has 0 saturated carbocycles. The van der Waals surface area contributed by atoms with E-state index in [1.165, 1.54) is 22.9 Å². The Morgan fingerprint density at radius 1 is 1.03 bits per heavy atom. The number of ether oxygens (including phenoxy) is 2. The number of rotatable bonds is 7. The van der Waals surface area contributed by atoms with Crippen LogP contribution < -0.4 is 9.47 Å². The molecule has 1 saturated heterocycles. The van der Waals surface area contributed by atoms with Crippen LogP contribution in [0, 0.1) is 0 Å². The molecule has 10 heteroatoms. The maximum atomic E-state index is 12.8. The van der Waals surface area contributed by atoms with E-state index in [0.29, 0.717) is 29.9 Å². The number of fused-ring (bicyclic) bond motifs is 1. The fourth-order valence-corrected chi connectivity index (χ4v) is 4.90. The molecule has 1 fully saturated rings. The third-order valence-corrected chi connectivity index (χ3v) is 7.04. The number of thioether (sulfide) groups is 1. The summed E-state index contributed by atoms with van der Waals surface area (Å²) in [6.07, 6.45) is 0. The third kappa shape index (κ3) is 5.02. The molecule has 34 heavy (non-hydrogen) atoms. The first-order chi connectivity index (χ1) is 16.6. The van der Waals surface area contributed by atoms with Gasteiger partial charge in [0.2, 0.25) is 17.9 Å². The summed E-state index contributed by atoms with van der Waals surface area (Å²) in [5.41, 5.74) is 3.34. The van der Waals surface area contributed by atoms with Crippen LogP contribution in [0.4, 0.5) is 0 Å². The predicted octanol–water partition coefficient (Wildman–Crippen LogP) is 2.95. The lowest BCUT2D eigenvalue weighted by Crippen LogP contribution is -2.48. The zero-order valence-corrected chi connectivity index (χ0v) is 20.2. The van der Waals surface area contributed by atoms with E-state index in [9.17, 15) is 4.79 Å². The zero-order valence-electron chi connectivity index (χ0n) is 19.4. The monoisotopic (exact) mass is 480 g/mol. The second-order valence-corrected chi connectivity index (χ2v) is 9.70. The van der Waals surface area contributed by atoms with Gasteiger partial charge < -0.3 is 14.4 Å². The van der Waals surface area contributed by atoms with Crippen molar-refractivity contribution in [3.63, 3.8) is 0 Å². The van der Waals surface area contributed by atoms with Gasteiger partial charge in [0.15, 0.2) is 11.5 Å². The van der Waals surface area contributed by atoms with E-state index in [2.05, 4.69) is 52.5 Å². The molecule has 0 unspecified atom stereocenters. The standard InChI is InChI=1S/C24H28N6O3S/c1-17(2)19-4-6-20(7-5-19)30-24(25-26-27-30)34-15-23(31)29-11-9-28(10-12-29)14-18-3-8-21-22(13-18)33-16-32-21/h3-8,13,17H,9-12,14-16H2,1-2H3. The van der Waals surface area contributed by atoms with Crippen LogP contribution in [-0.4, -0.2) is 74.6 Å². The molecule has 178 valence electrons. The van der Waals surface area contributed by atoms with Gasteiger partial charge in [-0.05, 0) is 51.7 Å². The summed E-state index contributed by atoms with van der Waals surface area (Å²) in [5, 5.41) is 12.7. The van der Waals surface area contributed by atoms with E-state index in [1.807, 2.05) is 29.2 Å². The summed E-state index contributed by atoms with van der Waals surface area (Å²) < 4.78 is 12.5. The van der Waals surface area contributed by atoms with E-state index in [-0.39, 0.29) is 12.7 Å². The number of piperazine rings is 1. The first kappa shape index (κ1) is 22.7. The smallest absolute Gasteiger partial charge is 0.233 e. The van der Waals surface area contributed by atoms with Gasteiger partial charge >= 0.3 is 0 Å². The molecule has 2 aliphatic rings. The highest BCUT2D eigenvalue weighted by atomic mass is 32.2. The predicted molar refractivity (Wildman–Crippen MR) is 128 cm³/mol. The molecule has 0 N–H and O–H groups in total. The summed E-state index contributed by atoms with van der Waals surface area (Å²) in [6.45, 7) is 8.55. The molecule has 0 atom stereocenters. The van der Waals surface area contributed by atoms with Crippen molar-refractivity contribution in [2.24, 2.45) is 0 Å². The minimum absolute atomic E-state index is 0.109. The first-order valence-electron chi connectivity index (χ1n) is 11.5. The van der Waals surface area contributed by atoms with Crippen LogP contribution >= 0.6 is 11.8 Å². The van der Waals surface area contributed by atoms with Crippen LogP contribution in [0.15, 0.2) is 47.6 Å². The van der Waals surface area contributed by atoms with Crippen molar-refractivity contribution in [1.29, 1.82) is 0 Å². The van der Waals surface area contributed by atoms with Crippen molar-refractivity contribution in [3.8, 4) is 17.2 Å². The van der Waals surface area contributed by atoms with Crippen LogP contribution in [0.2, 0.25) is 0 Å². The van der Waals surface area contributed by atoms with Gasteiger partial charge in [-0.3, -0.25) is 9.69 Å². The van der Waals surface area contributed by atoms with Crippen molar-refractivity contribution >= 4 is 17.7 Å². The van der Waals surface area contributed by atoms with E-state index in [1.54, 1.807) is 4.68 Å². The molecule has 1 amide bonds. The Kier molecular flexibility index (Phi) is 6.68. The van der Waals surface area contributed by atoms with Crippen LogP contribution in [-0.2, 0) is 11.3 Å². The van der Waals surface area contributed by atoms with E-state index >= 15 is 0 Å². The Labute approximate surface area is 203 Å². The van der Waals surface area contributed by atoms with Gasteiger partial charge in [0.25, 0.3) is 0 Å². The molecule has 1 aromatic heterocycles. The van der Waals surface area contributed by atoms with Gasteiger partial charge in [-0.15, -0.1) is 5.10 Å². The number of nitrogens with zero attached hydrogens (tertiary/aromatic N) is 6. The lowest BCUT2D eigenvalue weighted by Gasteiger charge is -2.34. The Bertz CT molecular complexity index is 1140. The maximum Gasteiger partial charge on any atom is 0.233 e. The highest BCUT2D eigenvalue weighted by Gasteiger charge is 2.23. The SMILES string of the molecule is CC(C)c1ccc(-n2nnnc2SCC(=O)N2CCN(Cc3ccc4c(c3)OCO4)CC2)cc1. The van der Waals surface area contributed by atoms with Crippen molar-refractivity contribution < 1.29 is 14.3 Å². The van der Waals surface area contributed by atoms with Crippen LogP contribution in [0.1, 0.15) is 30.9 Å². The molecule has 3 heterocycles. The average molecular weight is 481 g/mol. The topological polar surface area (TPSA) is 85.6 Å². The summed E-state index contributed by atoms with van der Waals surface area (Å²) in [6, 6.07) is 14.3. The number of tetrazole rings is 1. The third-order valence-electron chi connectivity index (χ3n) is 6.14. The van der Waals surface area contributed by atoms with E-state index in [4.69, 9.17) is 9.47 Å². The fraction of sp³-hybridized carbons (Fsp3) is 0.417. The van der Waals surface area contributed by atoms with Gasteiger partial charge in [-0.1, -0.05) is 43.8 Å². The molecule has 0 radical (unpaired) electrons. The molecule has 3 aromatic rings. The molecule has 0 aliphatic carbocycles. The van der Waals surface area contributed by atoms with Gasteiger partial charge in [-0.25, -0.2) is 0 Å². The van der Waals surface area contributed by atoms with Gasteiger partial charge in [0.1, 0.15) is 0 Å². The van der Waals surface area contributed by atoms with Gasteiger partial charge in [-0.2, -0.15) is 4.68 Å². The summed E-state index contributed by atoms with van der Waals surface area (Å²) >= 11 is 1.37. The van der Waals surface area contributed by atoms with Crippen molar-refractivity contribution in [2.45, 2.75) is 31.5 Å². The number of carbonyl (C=O) groups is 1. The number of hydrogen-bond donors (Lipinski definition) is 0. The lowest BCUT2D eigenvalue weighted by molar-refractivity contribution is -0.130. The maximum absolute atomic E-state index is 12.8. The minimum atomic E-state index is 0.109. The second-order valence-electron chi connectivity index (χ2n) is 8.75. The Balaban J connectivity index is 1.11. The number of hydrogen-bond acceptors (Lipinski definition) is 8. The molecule has 0 bridgehead atoms. The van der Waals surface area contributed by atoms with Crippen molar-refractivity contribution in [3.05, 3.63) is 53.6 Å². The molecule has 9 nitrogen and oxygen atoms in total. The first-order valence-corrected chi connectivity index (χ1v) is 12.5. The van der Waals surface area contributed by atoms with Crippen LogP contribution in [0.5, 0.6) is 11.5 Å². The zero-order chi connectivity index (χ0) is 23.5. The Hall–Kier alpha value is -3.11. The summed E-state index contributed by atoms with van der Waals surface area (Å²) in [4.78, 5) is 17.1. The molecular weight excluding hydrogens is 452 g/mol. The fourth-order valence-electron chi connectivity index (χ4n) is 4.10. The number of carbonyl (C=O) groups excluding carboxylic acids is 1. The van der Waals surface area contributed by atoms with Crippen LogP contribution in [0.3, 0.4) is 0 Å². The Morgan fingerprint density at radius 2 is 1.79 bits per heavy atom.